The molecule has 2 aromatic heterocycles. The van der Waals surface area contributed by atoms with Crippen LogP contribution in [0.2, 0.25) is 0 Å². The fourth-order valence-electron chi connectivity index (χ4n) is 2.85. The molecule has 2 heterocycles. The highest BCUT2D eigenvalue weighted by molar-refractivity contribution is 7.92. The van der Waals surface area contributed by atoms with Crippen molar-refractivity contribution in [2.75, 3.05) is 11.3 Å². The molecular formula is C22H19N3O3S2. The number of pyridine rings is 1. The molecule has 152 valence electrons. The van der Waals surface area contributed by atoms with Gasteiger partial charge in [0.25, 0.3) is 10.0 Å². The molecule has 0 saturated heterocycles. The lowest BCUT2D eigenvalue weighted by atomic mass is 10.1. The molecule has 4 rings (SSSR count). The van der Waals surface area contributed by atoms with Gasteiger partial charge in [-0.3, -0.25) is 9.71 Å². The van der Waals surface area contributed by atoms with Crippen molar-refractivity contribution in [2.45, 2.75) is 11.8 Å². The van der Waals surface area contributed by atoms with Crippen LogP contribution in [0.5, 0.6) is 5.75 Å². The number of rotatable bonds is 7. The Bertz CT molecular complexity index is 1240. The van der Waals surface area contributed by atoms with Gasteiger partial charge in [0.15, 0.2) is 0 Å². The van der Waals surface area contributed by atoms with Crippen molar-refractivity contribution in [3.8, 4) is 27.7 Å². The van der Waals surface area contributed by atoms with E-state index in [4.69, 9.17) is 4.74 Å². The normalized spacial score (nSPS) is 11.2. The van der Waals surface area contributed by atoms with E-state index in [2.05, 4.69) is 14.7 Å². The Balaban J connectivity index is 1.56. The van der Waals surface area contributed by atoms with Gasteiger partial charge < -0.3 is 4.74 Å². The summed E-state index contributed by atoms with van der Waals surface area (Å²) >= 11 is 1.49. The van der Waals surface area contributed by atoms with Crippen molar-refractivity contribution in [1.82, 2.24) is 9.97 Å². The summed E-state index contributed by atoms with van der Waals surface area (Å²) in [6.07, 6.45) is 1.73. The largest absolute Gasteiger partial charge is 0.494 e. The third-order valence-electron chi connectivity index (χ3n) is 4.24. The zero-order chi connectivity index (χ0) is 21.0. The fourth-order valence-corrected chi connectivity index (χ4v) is 4.71. The van der Waals surface area contributed by atoms with Crippen LogP contribution in [0, 0.1) is 0 Å². The van der Waals surface area contributed by atoms with Crippen molar-refractivity contribution in [3.05, 3.63) is 78.3 Å². The number of anilines is 1. The molecule has 6 nitrogen and oxygen atoms in total. The topological polar surface area (TPSA) is 81.2 Å². The molecule has 30 heavy (non-hydrogen) atoms. The molecule has 0 spiro atoms. The number of aromatic nitrogens is 2. The smallest absolute Gasteiger partial charge is 0.261 e. The Hall–Kier alpha value is -3.23. The van der Waals surface area contributed by atoms with E-state index in [0.717, 1.165) is 22.0 Å². The number of benzene rings is 2. The van der Waals surface area contributed by atoms with Crippen molar-refractivity contribution in [1.29, 1.82) is 0 Å². The lowest BCUT2D eigenvalue weighted by molar-refractivity contribution is 0.340. The van der Waals surface area contributed by atoms with Crippen LogP contribution in [0.4, 0.5) is 5.69 Å². The first-order chi connectivity index (χ1) is 14.5. The molecule has 0 radical (unpaired) electrons. The van der Waals surface area contributed by atoms with Gasteiger partial charge in [-0.15, -0.1) is 11.3 Å². The SMILES string of the molecule is CCOc1ccc(S(=O)(=O)Nc2cccc(-c3csc(-c4ccccn4)n3)c2)cc1. The van der Waals surface area contributed by atoms with Crippen molar-refractivity contribution in [2.24, 2.45) is 0 Å². The molecule has 2 aromatic carbocycles. The van der Waals surface area contributed by atoms with E-state index in [-0.39, 0.29) is 4.90 Å². The van der Waals surface area contributed by atoms with Crippen molar-refractivity contribution >= 4 is 27.0 Å². The second kappa shape index (κ2) is 8.64. The number of thiazole rings is 1. The fraction of sp³-hybridized carbons (Fsp3) is 0.0909. The molecule has 0 aliphatic carbocycles. The van der Waals surface area contributed by atoms with Gasteiger partial charge in [-0.2, -0.15) is 0 Å². The Labute approximate surface area is 179 Å². The predicted molar refractivity (Wildman–Crippen MR) is 119 cm³/mol. The minimum Gasteiger partial charge on any atom is -0.494 e. The second-order valence-electron chi connectivity index (χ2n) is 6.34. The summed E-state index contributed by atoms with van der Waals surface area (Å²) in [5.41, 5.74) is 2.86. The molecule has 0 aliphatic heterocycles. The summed E-state index contributed by atoms with van der Waals surface area (Å²) in [6, 6.07) is 19.2. The lowest BCUT2D eigenvalue weighted by Gasteiger charge is -2.10. The molecule has 0 unspecified atom stereocenters. The first kappa shape index (κ1) is 20.1. The molecule has 0 fully saturated rings. The monoisotopic (exact) mass is 437 g/mol. The number of nitrogens with one attached hydrogen (secondary N) is 1. The van der Waals surface area contributed by atoms with E-state index < -0.39 is 10.0 Å². The summed E-state index contributed by atoms with van der Waals surface area (Å²) in [5, 5.41) is 2.75. The van der Waals surface area contributed by atoms with Crippen molar-refractivity contribution < 1.29 is 13.2 Å². The predicted octanol–water partition coefficient (Wildman–Crippen LogP) is 5.07. The Morgan fingerprint density at radius 3 is 2.57 bits per heavy atom. The Morgan fingerprint density at radius 2 is 1.83 bits per heavy atom. The van der Waals surface area contributed by atoms with E-state index in [1.54, 1.807) is 36.5 Å². The van der Waals surface area contributed by atoms with Gasteiger partial charge in [0.05, 0.1) is 22.9 Å². The summed E-state index contributed by atoms with van der Waals surface area (Å²) < 4.78 is 33.5. The third kappa shape index (κ3) is 4.50. The van der Waals surface area contributed by atoms with E-state index in [1.807, 2.05) is 36.6 Å². The van der Waals surface area contributed by atoms with Crippen LogP contribution >= 0.6 is 11.3 Å². The molecule has 4 aromatic rings. The lowest BCUT2D eigenvalue weighted by Crippen LogP contribution is -2.12. The van der Waals surface area contributed by atoms with E-state index in [1.165, 1.54) is 23.5 Å². The van der Waals surface area contributed by atoms with Gasteiger partial charge in [0, 0.05) is 22.8 Å². The standard InChI is InChI=1S/C22H19N3O3S2/c1-2-28-18-9-11-19(12-10-18)30(26,27)25-17-7-5-6-16(14-17)21-15-29-22(24-21)20-8-3-4-13-23-20/h3-15,25H,2H2,1H3. The summed E-state index contributed by atoms with van der Waals surface area (Å²) in [7, 11) is -3.72. The van der Waals surface area contributed by atoms with Gasteiger partial charge in [0.1, 0.15) is 10.8 Å². The highest BCUT2D eigenvalue weighted by Crippen LogP contribution is 2.29. The minimum atomic E-state index is -3.72. The molecule has 8 heteroatoms. The molecule has 0 atom stereocenters. The van der Waals surface area contributed by atoms with Gasteiger partial charge in [0.2, 0.25) is 0 Å². The van der Waals surface area contributed by atoms with Gasteiger partial charge in [-0.05, 0) is 55.5 Å². The average Bonchev–Trinajstić information content (AvgIpc) is 3.25. The van der Waals surface area contributed by atoms with Crippen LogP contribution in [0.3, 0.4) is 0 Å². The zero-order valence-corrected chi connectivity index (χ0v) is 17.8. The number of hydrogen-bond donors (Lipinski definition) is 1. The quantitative estimate of drug-likeness (QED) is 0.436. The number of nitrogens with zero attached hydrogens (tertiary/aromatic N) is 2. The van der Waals surface area contributed by atoms with Crippen LogP contribution in [0.25, 0.3) is 22.0 Å². The molecule has 0 bridgehead atoms. The first-order valence-electron chi connectivity index (χ1n) is 9.28. The highest BCUT2D eigenvalue weighted by atomic mass is 32.2. The number of sulfonamides is 1. The number of hydrogen-bond acceptors (Lipinski definition) is 6. The minimum absolute atomic E-state index is 0.169. The summed E-state index contributed by atoms with van der Waals surface area (Å²) in [5.74, 6) is 0.630. The van der Waals surface area contributed by atoms with E-state index in [9.17, 15) is 8.42 Å². The molecule has 0 aliphatic rings. The Morgan fingerprint density at radius 1 is 1.00 bits per heavy atom. The summed E-state index contributed by atoms with van der Waals surface area (Å²) in [4.78, 5) is 9.13. The Kier molecular flexibility index (Phi) is 5.78. The highest BCUT2D eigenvalue weighted by Gasteiger charge is 2.15. The van der Waals surface area contributed by atoms with E-state index in [0.29, 0.717) is 18.0 Å². The first-order valence-corrected chi connectivity index (χ1v) is 11.6. The zero-order valence-electron chi connectivity index (χ0n) is 16.1. The maximum atomic E-state index is 12.7. The van der Waals surface area contributed by atoms with Gasteiger partial charge in [-0.1, -0.05) is 18.2 Å². The molecule has 0 saturated carbocycles. The van der Waals surface area contributed by atoms with E-state index >= 15 is 0 Å². The molecule has 0 amide bonds. The van der Waals surface area contributed by atoms with Gasteiger partial charge in [-0.25, -0.2) is 13.4 Å². The molecule has 1 N–H and O–H groups in total. The van der Waals surface area contributed by atoms with Gasteiger partial charge >= 0.3 is 0 Å². The van der Waals surface area contributed by atoms with Crippen LogP contribution in [0.15, 0.2) is 83.2 Å². The van der Waals surface area contributed by atoms with Crippen LogP contribution in [-0.2, 0) is 10.0 Å². The van der Waals surface area contributed by atoms with Crippen LogP contribution in [0.1, 0.15) is 6.92 Å². The van der Waals surface area contributed by atoms with Crippen LogP contribution in [-0.4, -0.2) is 25.0 Å². The average molecular weight is 438 g/mol. The van der Waals surface area contributed by atoms with Crippen LogP contribution < -0.4 is 9.46 Å². The van der Waals surface area contributed by atoms with Crippen molar-refractivity contribution in [3.63, 3.8) is 0 Å². The molecular weight excluding hydrogens is 418 g/mol. The second-order valence-corrected chi connectivity index (χ2v) is 8.88. The maximum Gasteiger partial charge on any atom is 0.261 e. The number of ether oxygens (including phenoxy) is 1. The maximum absolute atomic E-state index is 12.7. The summed E-state index contributed by atoms with van der Waals surface area (Å²) in [6.45, 7) is 2.40. The third-order valence-corrected chi connectivity index (χ3v) is 6.51.